The molecule has 0 radical (unpaired) electrons. The molecule has 2 heterocycles. The number of anilines is 1. The highest BCUT2D eigenvalue weighted by Gasteiger charge is 2.66. The van der Waals surface area contributed by atoms with Crippen LogP contribution < -0.4 is 26.6 Å². The van der Waals surface area contributed by atoms with Crippen LogP contribution in [0.15, 0.2) is 85.4 Å². The maximum Gasteiger partial charge on any atom is 0.175 e. The highest BCUT2D eigenvalue weighted by molar-refractivity contribution is 7.79. The number of para-hydroxylation sites is 1. The van der Waals surface area contributed by atoms with Crippen molar-refractivity contribution in [2.45, 2.75) is 103 Å². The number of allylic oxidation sites excluding steroid dienone is 1. The van der Waals surface area contributed by atoms with Crippen molar-refractivity contribution in [2.75, 3.05) is 31.8 Å². The van der Waals surface area contributed by atoms with Crippen LogP contribution in [0.25, 0.3) is 0 Å². The van der Waals surface area contributed by atoms with E-state index in [-0.39, 0.29) is 23.2 Å². The molecule has 1 saturated heterocycles. The first-order valence-corrected chi connectivity index (χ1v) is 17.7. The predicted molar refractivity (Wildman–Crippen MR) is 200 cm³/mol. The number of thiol groups is 1. The highest BCUT2D eigenvalue weighted by atomic mass is 32.1. The Bertz CT molecular complexity index is 1180. The third kappa shape index (κ3) is 9.81. The summed E-state index contributed by atoms with van der Waals surface area (Å²) < 4.78 is 0. The number of likely N-dealkylation sites (N-methyl/N-ethyl adjacent to an activating group) is 1. The molecule has 0 bridgehead atoms. The first-order valence-electron chi connectivity index (χ1n) is 16.8. The Morgan fingerprint density at radius 2 is 1.78 bits per heavy atom. The van der Waals surface area contributed by atoms with E-state index in [0.717, 1.165) is 56.5 Å². The summed E-state index contributed by atoms with van der Waals surface area (Å²) in [6, 6.07) is 18.4. The molecule has 0 aliphatic carbocycles. The quantitative estimate of drug-likeness (QED) is 0.0812. The molecule has 0 spiro atoms. The Balaban J connectivity index is 0.00000115. The number of quaternary nitrogens is 1. The van der Waals surface area contributed by atoms with Crippen molar-refractivity contribution in [2.24, 2.45) is 5.73 Å². The topological polar surface area (TPSA) is 86.8 Å². The number of likely N-dealkylation sites (tertiary alicyclic amines) is 1. The van der Waals surface area contributed by atoms with E-state index in [4.69, 9.17) is 10.8 Å². The van der Waals surface area contributed by atoms with Crippen LogP contribution in [0.5, 0.6) is 0 Å². The standard InChI is InChI=1S/C32H45N5.C3H8O.C2H6.CH4S/c1-7-23(3)35-24(4)31(5)22-32(28-14-9-10-15-29(28)36-30(32)37(31)6)26-18-16-25(17-19-26)13-11-12-20-34-21-27(33)8-2;1-2-3-4;2*1-2/h7,9-10,14-19,21,23,30,34-36H,1,4,8,11-13,20,22,33H2,2-3,5-6H3;4H,2-3H2,1H3;1-2H3;2H,1H3/p+1/b27-21-;;;/t23?,30?,31?,32-;;;/m0.../s1. The van der Waals surface area contributed by atoms with Gasteiger partial charge < -0.3 is 31.7 Å². The van der Waals surface area contributed by atoms with Gasteiger partial charge in [0.15, 0.2) is 6.17 Å². The summed E-state index contributed by atoms with van der Waals surface area (Å²) in [5.74, 6) is 0. The SMILES string of the molecule is C=CC(C)NC(=C)C1(C)C[C@]2(c3ccc(CCCCN/C=C(\N)CC)cc3)c3ccccc3NC2[NH+]1C.CC.CCCO.CS. The molecular formula is C38H64N5OS+. The number of rotatable bonds is 13. The van der Waals surface area contributed by atoms with E-state index >= 15 is 0 Å². The first kappa shape index (κ1) is 40.2. The Kier molecular flexibility index (Phi) is 18.1. The Hall–Kier alpha value is -2.87. The zero-order valence-electron chi connectivity index (χ0n) is 29.5. The van der Waals surface area contributed by atoms with E-state index in [1.165, 1.54) is 27.3 Å². The van der Waals surface area contributed by atoms with Crippen molar-refractivity contribution in [3.8, 4) is 0 Å². The summed E-state index contributed by atoms with van der Waals surface area (Å²) in [5.41, 5.74) is 13.0. The molecule has 0 aromatic heterocycles. The average molecular weight is 639 g/mol. The lowest BCUT2D eigenvalue weighted by Gasteiger charge is -2.35. The van der Waals surface area contributed by atoms with Crippen LogP contribution in [0.2, 0.25) is 0 Å². The first-order chi connectivity index (χ1) is 21.7. The van der Waals surface area contributed by atoms with Crippen molar-refractivity contribution in [1.29, 1.82) is 0 Å². The van der Waals surface area contributed by atoms with Gasteiger partial charge in [-0.1, -0.05) is 82.8 Å². The van der Waals surface area contributed by atoms with E-state index in [9.17, 15) is 0 Å². The number of aliphatic hydroxyl groups excluding tert-OH is 1. The molecular weight excluding hydrogens is 575 g/mol. The summed E-state index contributed by atoms with van der Waals surface area (Å²) in [5, 5.41) is 18.7. The number of fused-ring (bicyclic) bond motifs is 3. The maximum absolute atomic E-state index is 7.88. The lowest BCUT2D eigenvalue weighted by molar-refractivity contribution is -0.933. The van der Waals surface area contributed by atoms with Crippen LogP contribution in [0.3, 0.4) is 0 Å². The maximum atomic E-state index is 7.88. The van der Waals surface area contributed by atoms with Gasteiger partial charge in [-0.3, -0.25) is 0 Å². The number of unbranched alkanes of at least 4 members (excludes halogenated alkanes) is 1. The van der Waals surface area contributed by atoms with E-state index < -0.39 is 0 Å². The summed E-state index contributed by atoms with van der Waals surface area (Å²) >= 11 is 3.53. The minimum absolute atomic E-state index is 0.120. The Labute approximate surface area is 281 Å². The fourth-order valence-corrected chi connectivity index (χ4v) is 6.22. The predicted octanol–water partition coefficient (Wildman–Crippen LogP) is 6.16. The molecule has 5 atom stereocenters. The van der Waals surface area contributed by atoms with E-state index in [0.29, 0.717) is 6.61 Å². The molecule has 2 aromatic carbocycles. The van der Waals surface area contributed by atoms with Crippen molar-refractivity contribution < 1.29 is 10.0 Å². The van der Waals surface area contributed by atoms with Crippen molar-refractivity contribution in [3.05, 3.63) is 102 Å². The average Bonchev–Trinajstić information content (AvgIpc) is 3.53. The molecule has 2 aliphatic rings. The summed E-state index contributed by atoms with van der Waals surface area (Å²) in [6.45, 7) is 22.2. The third-order valence-corrected chi connectivity index (χ3v) is 8.98. The van der Waals surface area contributed by atoms with E-state index in [1.807, 2.05) is 33.0 Å². The number of nitrogens with two attached hydrogens (primary N) is 1. The lowest BCUT2D eigenvalue weighted by atomic mass is 9.70. The van der Waals surface area contributed by atoms with E-state index in [2.05, 4.69) is 118 Å². The minimum Gasteiger partial charge on any atom is -0.401 e. The van der Waals surface area contributed by atoms with Gasteiger partial charge in [-0.2, -0.15) is 12.6 Å². The molecule has 6 nitrogen and oxygen atoms in total. The summed E-state index contributed by atoms with van der Waals surface area (Å²) in [7, 11) is 2.31. The highest BCUT2D eigenvalue weighted by Crippen LogP contribution is 2.52. The second-order valence-electron chi connectivity index (χ2n) is 11.8. The van der Waals surface area contributed by atoms with Gasteiger partial charge in [0.05, 0.1) is 12.7 Å². The number of nitrogens with one attached hydrogen (secondary N) is 4. The molecule has 7 N–H and O–H groups in total. The van der Waals surface area contributed by atoms with Crippen LogP contribution >= 0.6 is 12.6 Å². The van der Waals surface area contributed by atoms with Crippen LogP contribution in [0.4, 0.5) is 5.69 Å². The molecule has 4 rings (SSSR count). The van der Waals surface area contributed by atoms with Crippen molar-refractivity contribution >= 4 is 18.3 Å². The van der Waals surface area contributed by atoms with Crippen molar-refractivity contribution in [1.82, 2.24) is 10.6 Å². The largest absolute Gasteiger partial charge is 0.401 e. The van der Waals surface area contributed by atoms with Gasteiger partial charge in [0.2, 0.25) is 0 Å². The third-order valence-electron chi connectivity index (χ3n) is 8.98. The number of aryl methyl sites for hydroxylation is 1. The zero-order chi connectivity index (χ0) is 34.0. The fourth-order valence-electron chi connectivity index (χ4n) is 6.22. The summed E-state index contributed by atoms with van der Waals surface area (Å²) in [6.07, 6.45) is 11.9. The van der Waals surface area contributed by atoms with Gasteiger partial charge in [-0.15, -0.1) is 6.58 Å². The number of hydrogen-bond acceptors (Lipinski definition) is 6. The zero-order valence-corrected chi connectivity index (χ0v) is 30.4. The molecule has 2 aromatic rings. The number of hydrogen-bond donors (Lipinski definition) is 7. The second kappa shape index (κ2) is 20.3. The van der Waals surface area contributed by atoms with Gasteiger partial charge in [-0.05, 0) is 75.0 Å². The normalized spacial score (nSPS) is 23.2. The summed E-state index contributed by atoms with van der Waals surface area (Å²) in [4.78, 5) is 1.44. The lowest BCUT2D eigenvalue weighted by Crippen LogP contribution is -3.20. The van der Waals surface area contributed by atoms with Crippen LogP contribution in [0, 0.1) is 0 Å². The van der Waals surface area contributed by atoms with Crippen LogP contribution in [-0.2, 0) is 11.8 Å². The minimum atomic E-state index is -0.135. The Morgan fingerprint density at radius 3 is 2.36 bits per heavy atom. The van der Waals surface area contributed by atoms with Gasteiger partial charge in [0, 0.05) is 43.2 Å². The number of benzene rings is 2. The van der Waals surface area contributed by atoms with Crippen LogP contribution in [-0.4, -0.2) is 49.3 Å². The Morgan fingerprint density at radius 1 is 1.16 bits per heavy atom. The van der Waals surface area contributed by atoms with Gasteiger partial charge >= 0.3 is 0 Å². The van der Waals surface area contributed by atoms with Crippen LogP contribution in [0.1, 0.15) is 90.3 Å². The molecule has 0 saturated carbocycles. The molecule has 7 heteroatoms. The van der Waals surface area contributed by atoms with Gasteiger partial charge in [0.25, 0.3) is 0 Å². The molecule has 0 amide bonds. The number of aliphatic hydroxyl groups is 1. The molecule has 45 heavy (non-hydrogen) atoms. The van der Waals surface area contributed by atoms with Gasteiger partial charge in [-0.25, -0.2) is 0 Å². The molecule has 252 valence electrons. The molecule has 2 aliphatic heterocycles. The smallest absolute Gasteiger partial charge is 0.175 e. The fraction of sp³-hybridized carbons (Fsp3) is 0.526. The second-order valence-corrected chi connectivity index (χ2v) is 11.8. The monoisotopic (exact) mass is 638 g/mol. The van der Waals surface area contributed by atoms with Gasteiger partial charge in [0.1, 0.15) is 11.0 Å². The molecule has 4 unspecified atom stereocenters. The van der Waals surface area contributed by atoms with Crippen molar-refractivity contribution in [3.63, 3.8) is 0 Å². The molecule has 1 fully saturated rings. The van der Waals surface area contributed by atoms with E-state index in [1.54, 1.807) is 6.26 Å².